The quantitative estimate of drug-likeness (QED) is 0.904. The maximum Gasteiger partial charge on any atom is 0.345 e. The highest BCUT2D eigenvalue weighted by molar-refractivity contribution is 7.89. The third-order valence-electron chi connectivity index (χ3n) is 3.11. The number of thiophene rings is 2. The van der Waals surface area contributed by atoms with Gasteiger partial charge in [0.25, 0.3) is 0 Å². The lowest BCUT2D eigenvalue weighted by atomic mass is 10.3. The zero-order valence-corrected chi connectivity index (χ0v) is 14.2. The minimum absolute atomic E-state index is 0.0341. The fourth-order valence-electron chi connectivity index (χ4n) is 1.85. The molecular formula is C13H15NO4S3. The molecule has 0 atom stereocenters. The van der Waals surface area contributed by atoms with Crippen LogP contribution in [0.15, 0.2) is 22.4 Å². The molecule has 0 saturated heterocycles. The molecule has 0 aromatic carbocycles. The van der Waals surface area contributed by atoms with Crippen molar-refractivity contribution in [3.05, 3.63) is 37.7 Å². The molecule has 2 aromatic heterocycles. The number of sulfonamides is 1. The predicted molar refractivity (Wildman–Crippen MR) is 83.7 cm³/mol. The van der Waals surface area contributed by atoms with Gasteiger partial charge in [-0.05, 0) is 36.9 Å². The van der Waals surface area contributed by atoms with E-state index in [1.165, 1.54) is 28.8 Å². The van der Waals surface area contributed by atoms with Crippen molar-refractivity contribution in [1.29, 1.82) is 0 Å². The molecule has 114 valence electrons. The standard InChI is InChI=1S/C13H15NO4S3/c1-8-4-5-19-11(8)7-14(3)21(17,18)12-6-10(13(15)16)20-9(12)2/h4-6H,7H2,1-3H3,(H,15,16). The van der Waals surface area contributed by atoms with Crippen LogP contribution in [0, 0.1) is 13.8 Å². The highest BCUT2D eigenvalue weighted by atomic mass is 32.2. The van der Waals surface area contributed by atoms with E-state index in [-0.39, 0.29) is 16.3 Å². The number of aryl methyl sites for hydroxylation is 2. The van der Waals surface area contributed by atoms with Crippen LogP contribution in [0.25, 0.3) is 0 Å². The van der Waals surface area contributed by atoms with Crippen molar-refractivity contribution < 1.29 is 18.3 Å². The van der Waals surface area contributed by atoms with Crippen LogP contribution in [0.1, 0.15) is 25.0 Å². The summed E-state index contributed by atoms with van der Waals surface area (Å²) in [6, 6.07) is 3.17. The first-order chi connectivity index (χ1) is 9.73. The summed E-state index contributed by atoms with van der Waals surface area (Å²) >= 11 is 2.48. The average molecular weight is 345 g/mol. The van der Waals surface area contributed by atoms with Gasteiger partial charge in [0.2, 0.25) is 10.0 Å². The molecule has 1 N–H and O–H groups in total. The first kappa shape index (κ1) is 16.2. The molecular weight excluding hydrogens is 330 g/mol. The van der Waals surface area contributed by atoms with E-state index in [9.17, 15) is 13.2 Å². The van der Waals surface area contributed by atoms with E-state index in [1.54, 1.807) is 6.92 Å². The highest BCUT2D eigenvalue weighted by Crippen LogP contribution is 2.29. The Morgan fingerprint density at radius 3 is 2.52 bits per heavy atom. The van der Waals surface area contributed by atoms with Crippen molar-refractivity contribution in [2.75, 3.05) is 7.05 Å². The Balaban J connectivity index is 2.33. The van der Waals surface area contributed by atoms with Crippen molar-refractivity contribution in [1.82, 2.24) is 4.31 Å². The molecule has 0 fully saturated rings. The van der Waals surface area contributed by atoms with Crippen LogP contribution in [-0.4, -0.2) is 30.8 Å². The predicted octanol–water partition coefficient (Wildman–Crippen LogP) is 2.95. The summed E-state index contributed by atoms with van der Waals surface area (Å²) in [4.78, 5) is 12.5. The van der Waals surface area contributed by atoms with Gasteiger partial charge in [0.15, 0.2) is 0 Å². The molecule has 0 radical (unpaired) electrons. The summed E-state index contributed by atoms with van der Waals surface area (Å²) in [7, 11) is -2.18. The molecule has 2 aromatic rings. The Kier molecular flexibility index (Phi) is 4.52. The fourth-order valence-corrected chi connectivity index (χ4v) is 5.42. The van der Waals surface area contributed by atoms with Crippen molar-refractivity contribution >= 4 is 38.7 Å². The molecule has 0 unspecified atom stereocenters. The van der Waals surface area contributed by atoms with Gasteiger partial charge in [0.05, 0.1) is 4.90 Å². The Hall–Kier alpha value is -1.22. The van der Waals surface area contributed by atoms with Gasteiger partial charge in [-0.25, -0.2) is 13.2 Å². The highest BCUT2D eigenvalue weighted by Gasteiger charge is 2.27. The van der Waals surface area contributed by atoms with E-state index in [4.69, 9.17) is 5.11 Å². The normalized spacial score (nSPS) is 12.0. The largest absolute Gasteiger partial charge is 0.477 e. The lowest BCUT2D eigenvalue weighted by Gasteiger charge is -2.16. The number of hydrogen-bond acceptors (Lipinski definition) is 5. The van der Waals surface area contributed by atoms with Crippen LogP contribution in [0.4, 0.5) is 0 Å². The second-order valence-electron chi connectivity index (χ2n) is 4.62. The Bertz CT molecular complexity index is 773. The van der Waals surface area contributed by atoms with E-state index in [1.807, 2.05) is 18.4 Å². The molecule has 0 aliphatic heterocycles. The van der Waals surface area contributed by atoms with E-state index < -0.39 is 16.0 Å². The van der Waals surface area contributed by atoms with Gasteiger partial charge in [-0.2, -0.15) is 4.31 Å². The molecule has 0 aliphatic carbocycles. The summed E-state index contributed by atoms with van der Waals surface area (Å²) in [5.41, 5.74) is 1.05. The van der Waals surface area contributed by atoms with Crippen LogP contribution in [0.2, 0.25) is 0 Å². The first-order valence-corrected chi connectivity index (χ1v) is 9.20. The average Bonchev–Trinajstić information content (AvgIpc) is 2.96. The second-order valence-corrected chi connectivity index (χ2v) is 8.89. The molecule has 21 heavy (non-hydrogen) atoms. The number of rotatable bonds is 5. The monoisotopic (exact) mass is 345 g/mol. The summed E-state index contributed by atoms with van der Waals surface area (Å²) in [5, 5.41) is 10.9. The lowest BCUT2D eigenvalue weighted by Crippen LogP contribution is -2.26. The van der Waals surface area contributed by atoms with Crippen molar-refractivity contribution in [2.45, 2.75) is 25.3 Å². The Labute approximate surface area is 131 Å². The van der Waals surface area contributed by atoms with Crippen LogP contribution in [-0.2, 0) is 16.6 Å². The van der Waals surface area contributed by atoms with Crippen LogP contribution >= 0.6 is 22.7 Å². The van der Waals surface area contributed by atoms with Crippen molar-refractivity contribution in [2.24, 2.45) is 0 Å². The molecule has 5 nitrogen and oxygen atoms in total. The van der Waals surface area contributed by atoms with Gasteiger partial charge in [-0.3, -0.25) is 0 Å². The number of hydrogen-bond donors (Lipinski definition) is 1. The zero-order chi connectivity index (χ0) is 15.8. The van der Waals surface area contributed by atoms with Gasteiger partial charge in [0, 0.05) is 23.3 Å². The number of aromatic carboxylic acids is 1. The molecule has 0 amide bonds. The van der Waals surface area contributed by atoms with Crippen LogP contribution in [0.5, 0.6) is 0 Å². The summed E-state index contributed by atoms with van der Waals surface area (Å²) < 4.78 is 26.4. The molecule has 0 aliphatic rings. The van der Waals surface area contributed by atoms with Crippen molar-refractivity contribution in [3.63, 3.8) is 0 Å². The molecule has 0 saturated carbocycles. The molecule has 0 spiro atoms. The summed E-state index contributed by atoms with van der Waals surface area (Å²) in [6.45, 7) is 3.84. The zero-order valence-electron chi connectivity index (χ0n) is 11.8. The Morgan fingerprint density at radius 1 is 1.38 bits per heavy atom. The number of nitrogens with zero attached hydrogens (tertiary/aromatic N) is 1. The van der Waals surface area contributed by atoms with Gasteiger partial charge in [-0.15, -0.1) is 22.7 Å². The van der Waals surface area contributed by atoms with Crippen LogP contribution in [0.3, 0.4) is 0 Å². The SMILES string of the molecule is Cc1ccsc1CN(C)S(=O)(=O)c1cc(C(=O)O)sc1C. The maximum absolute atomic E-state index is 12.6. The topological polar surface area (TPSA) is 74.7 Å². The van der Waals surface area contributed by atoms with Gasteiger partial charge >= 0.3 is 5.97 Å². The van der Waals surface area contributed by atoms with E-state index in [0.29, 0.717) is 4.88 Å². The first-order valence-electron chi connectivity index (χ1n) is 6.06. The smallest absolute Gasteiger partial charge is 0.345 e. The lowest BCUT2D eigenvalue weighted by molar-refractivity contribution is 0.0702. The number of carbonyl (C=O) groups is 1. The van der Waals surface area contributed by atoms with Crippen molar-refractivity contribution in [3.8, 4) is 0 Å². The van der Waals surface area contributed by atoms with Gasteiger partial charge in [-0.1, -0.05) is 0 Å². The van der Waals surface area contributed by atoms with E-state index in [0.717, 1.165) is 21.8 Å². The molecule has 2 heterocycles. The number of carboxylic acid groups (broad SMARTS) is 1. The summed E-state index contributed by atoms with van der Waals surface area (Å²) in [5.74, 6) is -1.11. The van der Waals surface area contributed by atoms with Gasteiger partial charge in [0.1, 0.15) is 4.88 Å². The molecule has 0 bridgehead atoms. The fraction of sp³-hybridized carbons (Fsp3) is 0.308. The third-order valence-corrected chi connectivity index (χ3v) is 7.21. The number of carboxylic acids is 1. The molecule has 8 heteroatoms. The second kappa shape index (κ2) is 5.88. The molecule has 2 rings (SSSR count). The maximum atomic E-state index is 12.6. The Morgan fingerprint density at radius 2 is 2.05 bits per heavy atom. The van der Waals surface area contributed by atoms with E-state index in [2.05, 4.69) is 0 Å². The minimum atomic E-state index is -3.69. The summed E-state index contributed by atoms with van der Waals surface area (Å²) in [6.07, 6.45) is 0. The third kappa shape index (κ3) is 3.18. The van der Waals surface area contributed by atoms with Gasteiger partial charge < -0.3 is 5.11 Å². The minimum Gasteiger partial charge on any atom is -0.477 e. The van der Waals surface area contributed by atoms with E-state index >= 15 is 0 Å². The van der Waals surface area contributed by atoms with Crippen LogP contribution < -0.4 is 0 Å².